The van der Waals surface area contributed by atoms with Crippen molar-refractivity contribution in [3.05, 3.63) is 65.2 Å². The number of nitrogens with two attached hydrogens (primary N) is 1. The molecule has 0 fully saturated rings. The van der Waals surface area contributed by atoms with Gasteiger partial charge in [0.2, 0.25) is 0 Å². The summed E-state index contributed by atoms with van der Waals surface area (Å²) >= 11 is 0. The first kappa shape index (κ1) is 15.2. The Morgan fingerprint density at radius 3 is 2.48 bits per heavy atom. The third-order valence-corrected chi connectivity index (χ3v) is 3.23. The fourth-order valence-electron chi connectivity index (χ4n) is 2.12. The first-order valence-electron chi connectivity index (χ1n) is 7.03. The van der Waals surface area contributed by atoms with E-state index in [0.717, 1.165) is 23.2 Å². The van der Waals surface area contributed by atoms with Crippen LogP contribution in [-0.2, 0) is 12.8 Å². The van der Waals surface area contributed by atoms with Gasteiger partial charge in [0.15, 0.2) is 0 Å². The minimum absolute atomic E-state index is 0.125. The molecule has 0 radical (unpaired) electrons. The molecule has 0 atom stereocenters. The predicted octanol–water partition coefficient (Wildman–Crippen LogP) is 1.97. The third kappa shape index (κ3) is 4.41. The molecule has 0 saturated carbocycles. The fraction of sp³-hybridized carbons (Fsp3) is 0.235. The lowest BCUT2D eigenvalue weighted by molar-refractivity contribution is 0.102. The number of hydrogen-bond donors (Lipinski definition) is 3. The van der Waals surface area contributed by atoms with Gasteiger partial charge >= 0.3 is 0 Å². The van der Waals surface area contributed by atoms with Crippen molar-refractivity contribution in [1.82, 2.24) is 0 Å². The molecule has 2 aromatic carbocycles. The molecular weight excluding hydrogens is 264 g/mol. The average molecular weight is 284 g/mol. The number of aliphatic hydroxyl groups excluding tert-OH is 1. The fourth-order valence-corrected chi connectivity index (χ4v) is 2.12. The van der Waals surface area contributed by atoms with Crippen molar-refractivity contribution in [2.45, 2.75) is 12.8 Å². The molecule has 0 aliphatic rings. The van der Waals surface area contributed by atoms with E-state index in [0.29, 0.717) is 18.5 Å². The van der Waals surface area contributed by atoms with Crippen LogP contribution in [0.25, 0.3) is 0 Å². The molecule has 4 nitrogen and oxygen atoms in total. The normalized spacial score (nSPS) is 10.4. The Hall–Kier alpha value is -2.17. The highest BCUT2D eigenvalue weighted by Crippen LogP contribution is 2.13. The Kier molecular flexibility index (Phi) is 5.49. The molecule has 2 rings (SSSR count). The van der Waals surface area contributed by atoms with Gasteiger partial charge in [-0.3, -0.25) is 4.79 Å². The molecule has 110 valence electrons. The van der Waals surface area contributed by atoms with E-state index in [1.165, 1.54) is 0 Å². The second-order valence-corrected chi connectivity index (χ2v) is 4.86. The van der Waals surface area contributed by atoms with Crippen molar-refractivity contribution in [3.63, 3.8) is 0 Å². The molecule has 4 N–H and O–H groups in total. The summed E-state index contributed by atoms with van der Waals surface area (Å²) in [4.78, 5) is 12.2. The highest BCUT2D eigenvalue weighted by Gasteiger charge is 2.06. The Bertz CT molecular complexity index is 594. The Balaban J connectivity index is 2.05. The third-order valence-electron chi connectivity index (χ3n) is 3.23. The number of anilines is 1. The molecule has 0 spiro atoms. The lowest BCUT2D eigenvalue weighted by atomic mass is 10.1. The molecule has 0 bridgehead atoms. The van der Waals surface area contributed by atoms with Gasteiger partial charge in [0.25, 0.3) is 5.91 Å². The number of carbonyl (C=O) groups excluding carboxylic acids is 1. The lowest BCUT2D eigenvalue weighted by Crippen LogP contribution is -2.12. The summed E-state index contributed by atoms with van der Waals surface area (Å²) in [5.41, 5.74) is 9.00. The van der Waals surface area contributed by atoms with E-state index in [1.807, 2.05) is 42.5 Å². The molecule has 0 aromatic heterocycles. The molecule has 21 heavy (non-hydrogen) atoms. The highest BCUT2D eigenvalue weighted by atomic mass is 16.2. The first-order chi connectivity index (χ1) is 10.2. The minimum atomic E-state index is -0.135. The van der Waals surface area contributed by atoms with Crippen LogP contribution in [0.2, 0.25) is 0 Å². The van der Waals surface area contributed by atoms with Crippen LogP contribution >= 0.6 is 0 Å². The molecule has 0 aliphatic carbocycles. The van der Waals surface area contributed by atoms with E-state index in [2.05, 4.69) is 5.32 Å². The maximum Gasteiger partial charge on any atom is 0.255 e. The van der Waals surface area contributed by atoms with E-state index < -0.39 is 0 Å². The SMILES string of the molecule is NCCc1cccc(C(=O)Nc2ccc(CCO)cc2)c1. The maximum absolute atomic E-state index is 12.2. The van der Waals surface area contributed by atoms with Crippen molar-refractivity contribution in [1.29, 1.82) is 0 Å². The van der Waals surface area contributed by atoms with Gasteiger partial charge in [-0.15, -0.1) is 0 Å². The van der Waals surface area contributed by atoms with Gasteiger partial charge in [-0.25, -0.2) is 0 Å². The lowest BCUT2D eigenvalue weighted by Gasteiger charge is -2.07. The predicted molar refractivity (Wildman–Crippen MR) is 84.4 cm³/mol. The zero-order chi connectivity index (χ0) is 15.1. The summed E-state index contributed by atoms with van der Waals surface area (Å²) in [7, 11) is 0. The first-order valence-corrected chi connectivity index (χ1v) is 7.03. The minimum Gasteiger partial charge on any atom is -0.396 e. The van der Waals surface area contributed by atoms with Gasteiger partial charge in [-0.1, -0.05) is 24.3 Å². The zero-order valence-electron chi connectivity index (χ0n) is 11.9. The summed E-state index contributed by atoms with van der Waals surface area (Å²) in [5, 5.41) is 11.7. The van der Waals surface area contributed by atoms with Gasteiger partial charge in [-0.2, -0.15) is 0 Å². The molecule has 0 saturated heterocycles. The Morgan fingerprint density at radius 2 is 1.81 bits per heavy atom. The van der Waals surface area contributed by atoms with Gasteiger partial charge in [-0.05, 0) is 54.8 Å². The number of aliphatic hydroxyl groups is 1. The monoisotopic (exact) mass is 284 g/mol. The topological polar surface area (TPSA) is 75.4 Å². The summed E-state index contributed by atoms with van der Waals surface area (Å²) < 4.78 is 0. The van der Waals surface area contributed by atoms with E-state index >= 15 is 0 Å². The Labute approximate surface area is 124 Å². The van der Waals surface area contributed by atoms with Crippen LogP contribution in [0, 0.1) is 0 Å². The van der Waals surface area contributed by atoms with E-state index in [1.54, 1.807) is 6.07 Å². The van der Waals surface area contributed by atoms with Crippen molar-refractivity contribution >= 4 is 11.6 Å². The second kappa shape index (κ2) is 7.57. The van der Waals surface area contributed by atoms with Gasteiger partial charge in [0.1, 0.15) is 0 Å². The second-order valence-electron chi connectivity index (χ2n) is 4.86. The van der Waals surface area contributed by atoms with Crippen LogP contribution < -0.4 is 11.1 Å². The van der Waals surface area contributed by atoms with Gasteiger partial charge < -0.3 is 16.2 Å². The molecule has 0 aliphatic heterocycles. The number of hydrogen-bond acceptors (Lipinski definition) is 3. The number of amides is 1. The van der Waals surface area contributed by atoms with E-state index in [-0.39, 0.29) is 12.5 Å². The quantitative estimate of drug-likeness (QED) is 0.759. The van der Waals surface area contributed by atoms with Crippen molar-refractivity contribution in [2.24, 2.45) is 5.73 Å². The molecule has 0 heterocycles. The van der Waals surface area contributed by atoms with Crippen molar-refractivity contribution < 1.29 is 9.90 Å². The standard InChI is InChI=1S/C17H20N2O2/c18-10-8-14-2-1-3-15(12-14)17(21)19-16-6-4-13(5-7-16)9-11-20/h1-7,12,20H,8-11,18H2,(H,19,21). The van der Waals surface area contributed by atoms with Crippen molar-refractivity contribution in [2.75, 3.05) is 18.5 Å². The number of nitrogens with one attached hydrogen (secondary N) is 1. The van der Waals surface area contributed by atoms with Crippen LogP contribution in [0.5, 0.6) is 0 Å². The maximum atomic E-state index is 12.2. The number of benzene rings is 2. The average Bonchev–Trinajstić information content (AvgIpc) is 2.50. The number of rotatable bonds is 6. The molecule has 1 amide bonds. The van der Waals surface area contributed by atoms with Gasteiger partial charge in [0, 0.05) is 17.9 Å². The van der Waals surface area contributed by atoms with Gasteiger partial charge in [0.05, 0.1) is 0 Å². The summed E-state index contributed by atoms with van der Waals surface area (Å²) in [5.74, 6) is -0.135. The summed E-state index contributed by atoms with van der Waals surface area (Å²) in [6.07, 6.45) is 1.38. The van der Waals surface area contributed by atoms with Crippen molar-refractivity contribution in [3.8, 4) is 0 Å². The smallest absolute Gasteiger partial charge is 0.255 e. The van der Waals surface area contributed by atoms with Crippen LogP contribution in [0.3, 0.4) is 0 Å². The largest absolute Gasteiger partial charge is 0.396 e. The van der Waals surface area contributed by atoms with Crippen LogP contribution in [0.1, 0.15) is 21.5 Å². The van der Waals surface area contributed by atoms with Crippen LogP contribution in [-0.4, -0.2) is 24.2 Å². The number of carbonyl (C=O) groups is 1. The molecule has 4 heteroatoms. The summed E-state index contributed by atoms with van der Waals surface area (Å²) in [6.45, 7) is 0.692. The summed E-state index contributed by atoms with van der Waals surface area (Å²) in [6, 6.07) is 15.0. The van der Waals surface area contributed by atoms with Crippen LogP contribution in [0.15, 0.2) is 48.5 Å². The van der Waals surface area contributed by atoms with Crippen LogP contribution in [0.4, 0.5) is 5.69 Å². The molecular formula is C17H20N2O2. The Morgan fingerprint density at radius 1 is 1.05 bits per heavy atom. The van der Waals surface area contributed by atoms with E-state index in [9.17, 15) is 4.79 Å². The molecule has 2 aromatic rings. The zero-order valence-corrected chi connectivity index (χ0v) is 11.9. The molecule has 0 unspecified atom stereocenters. The van der Waals surface area contributed by atoms with E-state index in [4.69, 9.17) is 10.8 Å². The highest BCUT2D eigenvalue weighted by molar-refractivity contribution is 6.04.